The molecular weight excluding hydrogens is 412 g/mol. The zero-order valence-corrected chi connectivity index (χ0v) is 17.2. The van der Waals surface area contributed by atoms with E-state index >= 15 is 0 Å². The molecule has 0 unspecified atom stereocenters. The zero-order valence-electron chi connectivity index (χ0n) is 17.2. The van der Waals surface area contributed by atoms with Crippen molar-refractivity contribution in [3.8, 4) is 0 Å². The Morgan fingerprint density at radius 1 is 1.26 bits per heavy atom. The fraction of sp³-hybridized carbons (Fsp3) is 0.526. The molecule has 0 saturated carbocycles. The first-order valence-corrected chi connectivity index (χ1v) is 10.0. The number of benzene rings is 1. The van der Waals surface area contributed by atoms with Crippen molar-refractivity contribution in [3.63, 3.8) is 0 Å². The second-order valence-corrected chi connectivity index (χ2v) is 7.70. The van der Waals surface area contributed by atoms with E-state index in [2.05, 4.69) is 20.8 Å². The van der Waals surface area contributed by atoms with Crippen LogP contribution >= 0.6 is 0 Å². The molecule has 0 spiro atoms. The van der Waals surface area contributed by atoms with Gasteiger partial charge < -0.3 is 15.0 Å². The number of ether oxygens (including phenoxy) is 1. The Morgan fingerprint density at radius 3 is 2.52 bits per heavy atom. The summed E-state index contributed by atoms with van der Waals surface area (Å²) in [5.41, 5.74) is -0.0359. The topological polar surface area (TPSA) is 105 Å². The summed E-state index contributed by atoms with van der Waals surface area (Å²) in [7, 11) is 0. The van der Waals surface area contributed by atoms with E-state index in [1.807, 2.05) is 6.92 Å². The Hall–Kier alpha value is -3.31. The molecular formula is C19H23F2N7O3. The normalized spacial score (nSPS) is 19.6. The predicted molar refractivity (Wildman–Crippen MR) is 106 cm³/mol. The van der Waals surface area contributed by atoms with Crippen molar-refractivity contribution in [1.29, 1.82) is 0 Å². The number of piperidine rings is 1. The van der Waals surface area contributed by atoms with Crippen LogP contribution in [0.5, 0.6) is 0 Å². The molecule has 12 heteroatoms. The number of halogens is 2. The summed E-state index contributed by atoms with van der Waals surface area (Å²) >= 11 is 0. The number of rotatable bonds is 5. The van der Waals surface area contributed by atoms with Crippen LogP contribution < -0.4 is 15.1 Å². The highest BCUT2D eigenvalue weighted by molar-refractivity contribution is 5.90. The molecule has 0 radical (unpaired) electrons. The van der Waals surface area contributed by atoms with Gasteiger partial charge in [-0.25, -0.2) is 18.3 Å². The largest absolute Gasteiger partial charge is 0.442 e. The van der Waals surface area contributed by atoms with Gasteiger partial charge in [0.15, 0.2) is 11.6 Å². The summed E-state index contributed by atoms with van der Waals surface area (Å²) in [6.07, 6.45) is 0.00136. The maximum Gasteiger partial charge on any atom is 0.414 e. The van der Waals surface area contributed by atoms with E-state index in [0.717, 1.165) is 17.0 Å². The molecule has 3 heterocycles. The summed E-state index contributed by atoms with van der Waals surface area (Å²) in [4.78, 5) is 26.0. The number of aromatic nitrogens is 4. The number of nitrogens with one attached hydrogen (secondary N) is 1. The highest BCUT2D eigenvalue weighted by Gasteiger charge is 2.34. The maximum absolute atomic E-state index is 14.9. The van der Waals surface area contributed by atoms with Gasteiger partial charge in [0.2, 0.25) is 5.91 Å². The minimum absolute atomic E-state index is 0.0771. The molecule has 2 amide bonds. The lowest BCUT2D eigenvalue weighted by Gasteiger charge is -2.34. The molecule has 166 valence electrons. The number of anilines is 2. The van der Waals surface area contributed by atoms with E-state index < -0.39 is 23.8 Å². The molecule has 2 saturated heterocycles. The van der Waals surface area contributed by atoms with Crippen LogP contribution in [0.25, 0.3) is 0 Å². The standard InChI is InChI=1S/C19H23F2N7O3/c1-11-23-24-25-28(11)13-3-5-26(6-4-13)18-16(20)7-14(8-17(18)21)27-10-15(31-19(27)30)9-22-12(2)29/h7-8,13,15H,3-6,9-10H2,1-2H3,(H,22,29)/t15-/m0/s1. The lowest BCUT2D eigenvalue weighted by Crippen LogP contribution is -2.36. The fourth-order valence-corrected chi connectivity index (χ4v) is 4.02. The Kier molecular flexibility index (Phi) is 5.70. The Morgan fingerprint density at radius 2 is 1.94 bits per heavy atom. The molecule has 4 rings (SSSR count). The predicted octanol–water partition coefficient (Wildman–Crippen LogP) is 1.56. The van der Waals surface area contributed by atoms with E-state index in [1.165, 1.54) is 6.92 Å². The number of carbonyl (C=O) groups excluding carboxylic acids is 2. The molecule has 31 heavy (non-hydrogen) atoms. The number of hydrogen-bond acceptors (Lipinski definition) is 7. The van der Waals surface area contributed by atoms with Crippen LogP contribution in [0.15, 0.2) is 12.1 Å². The molecule has 1 N–H and O–H groups in total. The minimum atomic E-state index is -0.745. The molecule has 2 aromatic rings. The van der Waals surface area contributed by atoms with Crippen LogP contribution in [-0.2, 0) is 9.53 Å². The van der Waals surface area contributed by atoms with Gasteiger partial charge in [0.1, 0.15) is 17.6 Å². The minimum Gasteiger partial charge on any atom is -0.442 e. The van der Waals surface area contributed by atoms with Crippen LogP contribution in [0.3, 0.4) is 0 Å². The van der Waals surface area contributed by atoms with E-state index in [1.54, 1.807) is 9.58 Å². The van der Waals surface area contributed by atoms with E-state index in [9.17, 15) is 18.4 Å². The van der Waals surface area contributed by atoms with Crippen LogP contribution in [0.2, 0.25) is 0 Å². The number of tetrazole rings is 1. The van der Waals surface area contributed by atoms with Gasteiger partial charge in [0.25, 0.3) is 0 Å². The van der Waals surface area contributed by atoms with Crippen LogP contribution in [0.1, 0.15) is 31.6 Å². The maximum atomic E-state index is 14.9. The number of carbonyl (C=O) groups is 2. The molecule has 2 aliphatic rings. The first kappa shape index (κ1) is 20.9. The lowest BCUT2D eigenvalue weighted by atomic mass is 10.0. The summed E-state index contributed by atoms with van der Waals surface area (Å²) in [5.74, 6) is -1.04. The second kappa shape index (κ2) is 8.44. The molecule has 1 aromatic carbocycles. The third-order valence-corrected chi connectivity index (χ3v) is 5.55. The molecule has 1 atom stereocenters. The summed E-state index contributed by atoms with van der Waals surface area (Å²) < 4.78 is 36.7. The number of hydrogen-bond donors (Lipinski definition) is 1. The highest BCUT2D eigenvalue weighted by atomic mass is 19.1. The first-order valence-electron chi connectivity index (χ1n) is 10.0. The fourth-order valence-electron chi connectivity index (χ4n) is 4.02. The third-order valence-electron chi connectivity index (χ3n) is 5.55. The van der Waals surface area contributed by atoms with Gasteiger partial charge >= 0.3 is 6.09 Å². The number of aryl methyl sites for hydroxylation is 1. The zero-order chi connectivity index (χ0) is 22.1. The van der Waals surface area contributed by atoms with Crippen molar-refractivity contribution < 1.29 is 23.1 Å². The van der Waals surface area contributed by atoms with Crippen molar-refractivity contribution in [2.45, 2.75) is 38.8 Å². The quantitative estimate of drug-likeness (QED) is 0.760. The second-order valence-electron chi connectivity index (χ2n) is 7.70. The van der Waals surface area contributed by atoms with Crippen LogP contribution in [0, 0.1) is 18.6 Å². The Labute approximate surface area is 177 Å². The van der Waals surface area contributed by atoms with E-state index in [4.69, 9.17) is 4.74 Å². The molecule has 2 aliphatic heterocycles. The average Bonchev–Trinajstić information content (AvgIpc) is 3.31. The van der Waals surface area contributed by atoms with E-state index in [-0.39, 0.29) is 36.4 Å². The average molecular weight is 435 g/mol. The summed E-state index contributed by atoms with van der Waals surface area (Å²) in [6, 6.07) is 2.35. The molecule has 0 aliphatic carbocycles. The van der Waals surface area contributed by atoms with Gasteiger partial charge in [-0.3, -0.25) is 9.69 Å². The highest BCUT2D eigenvalue weighted by Crippen LogP contribution is 2.34. The first-order chi connectivity index (χ1) is 14.8. The number of cyclic esters (lactones) is 1. The van der Waals surface area contributed by atoms with Gasteiger partial charge in [-0.1, -0.05) is 0 Å². The number of amides is 2. The van der Waals surface area contributed by atoms with Crippen molar-refractivity contribution >= 4 is 23.4 Å². The van der Waals surface area contributed by atoms with Gasteiger partial charge in [-0.15, -0.1) is 5.10 Å². The van der Waals surface area contributed by atoms with E-state index in [0.29, 0.717) is 31.8 Å². The van der Waals surface area contributed by atoms with Crippen molar-refractivity contribution in [3.05, 3.63) is 29.6 Å². The van der Waals surface area contributed by atoms with Gasteiger partial charge in [0.05, 0.1) is 24.8 Å². The monoisotopic (exact) mass is 435 g/mol. The van der Waals surface area contributed by atoms with Crippen molar-refractivity contribution in [1.82, 2.24) is 25.5 Å². The van der Waals surface area contributed by atoms with Gasteiger partial charge in [-0.05, 0) is 30.2 Å². The molecule has 10 nitrogen and oxygen atoms in total. The third kappa shape index (κ3) is 4.28. The van der Waals surface area contributed by atoms with Gasteiger partial charge in [0, 0.05) is 32.1 Å². The molecule has 2 fully saturated rings. The molecule has 0 bridgehead atoms. The molecule has 1 aromatic heterocycles. The van der Waals surface area contributed by atoms with Gasteiger partial charge in [-0.2, -0.15) is 0 Å². The Balaban J connectivity index is 1.45. The number of nitrogens with zero attached hydrogens (tertiary/aromatic N) is 6. The summed E-state index contributed by atoms with van der Waals surface area (Å²) in [6.45, 7) is 4.28. The Bertz CT molecular complexity index is 968. The smallest absolute Gasteiger partial charge is 0.414 e. The SMILES string of the molecule is CC(=O)NC[C@H]1CN(c2cc(F)c(N3CCC(n4nnnc4C)CC3)c(F)c2)C(=O)O1. The van der Waals surface area contributed by atoms with Crippen LogP contribution in [-0.4, -0.2) is 64.5 Å². The van der Waals surface area contributed by atoms with Crippen molar-refractivity contribution in [2.75, 3.05) is 36.0 Å². The van der Waals surface area contributed by atoms with Crippen LogP contribution in [0.4, 0.5) is 25.0 Å². The summed E-state index contributed by atoms with van der Waals surface area (Å²) in [5, 5.41) is 14.1. The lowest BCUT2D eigenvalue weighted by molar-refractivity contribution is -0.119. The van der Waals surface area contributed by atoms with Crippen molar-refractivity contribution in [2.24, 2.45) is 0 Å².